The molecule has 0 spiro atoms. The van der Waals surface area contributed by atoms with E-state index in [1.165, 1.54) is 51.6 Å². The molecule has 1 saturated heterocycles. The van der Waals surface area contributed by atoms with E-state index in [9.17, 15) is 0 Å². The average Bonchev–Trinajstić information content (AvgIpc) is 2.38. The van der Waals surface area contributed by atoms with E-state index in [2.05, 4.69) is 30.8 Å². The fourth-order valence-electron chi connectivity index (χ4n) is 4.04. The van der Waals surface area contributed by atoms with Crippen LogP contribution in [0.3, 0.4) is 0 Å². The van der Waals surface area contributed by atoms with Gasteiger partial charge in [0.25, 0.3) is 0 Å². The van der Waals surface area contributed by atoms with E-state index in [1.807, 2.05) is 0 Å². The fraction of sp³-hybridized carbons (Fsp3) is 1.00. The van der Waals surface area contributed by atoms with Crippen molar-refractivity contribution in [3.8, 4) is 0 Å². The van der Waals surface area contributed by atoms with Crippen molar-refractivity contribution in [1.82, 2.24) is 9.80 Å². The molecular weight excluding hydrogens is 222 g/mol. The lowest BCUT2D eigenvalue weighted by molar-refractivity contribution is -0.000196. The maximum Gasteiger partial charge on any atom is 0.0334 e. The van der Waals surface area contributed by atoms with Crippen LogP contribution in [-0.2, 0) is 0 Å². The molecule has 106 valence electrons. The first-order chi connectivity index (χ1) is 8.57. The van der Waals surface area contributed by atoms with Gasteiger partial charge in [0.05, 0.1) is 0 Å². The van der Waals surface area contributed by atoms with Crippen molar-refractivity contribution in [3.05, 3.63) is 0 Å². The molecule has 18 heavy (non-hydrogen) atoms. The summed E-state index contributed by atoms with van der Waals surface area (Å²) in [7, 11) is 4.43. The summed E-state index contributed by atoms with van der Waals surface area (Å²) in [6.45, 7) is 5.72. The Kier molecular flexibility index (Phi) is 4.68. The van der Waals surface area contributed by atoms with Crippen LogP contribution in [0, 0.1) is 5.92 Å². The summed E-state index contributed by atoms with van der Waals surface area (Å²) in [5.41, 5.74) is 6.51. The predicted molar refractivity (Wildman–Crippen MR) is 77.7 cm³/mol. The number of hydrogen-bond acceptors (Lipinski definition) is 3. The summed E-state index contributed by atoms with van der Waals surface area (Å²) in [4.78, 5) is 5.12. The second-order valence-electron chi connectivity index (χ2n) is 6.84. The Balaban J connectivity index is 2.06. The maximum atomic E-state index is 6.20. The van der Waals surface area contributed by atoms with Crippen LogP contribution >= 0.6 is 0 Å². The molecule has 0 radical (unpaired) electrons. The quantitative estimate of drug-likeness (QED) is 0.834. The van der Waals surface area contributed by atoms with Gasteiger partial charge < -0.3 is 10.6 Å². The molecular formula is C15H31N3. The number of piperidine rings is 1. The standard InChI is InChI=1S/C15H31N3/c1-13-6-4-8-15(10-13,12-16)18-9-5-7-14(11-18)17(2)3/h13-14H,4-12,16H2,1-3H3. The molecule has 1 saturated carbocycles. The van der Waals surface area contributed by atoms with E-state index in [0.29, 0.717) is 5.54 Å². The maximum absolute atomic E-state index is 6.20. The van der Waals surface area contributed by atoms with Gasteiger partial charge in [0.15, 0.2) is 0 Å². The molecule has 2 rings (SSSR count). The molecule has 0 aromatic heterocycles. The first-order valence-corrected chi connectivity index (χ1v) is 7.69. The number of rotatable bonds is 3. The molecule has 2 aliphatic rings. The van der Waals surface area contributed by atoms with Crippen molar-refractivity contribution < 1.29 is 0 Å². The second-order valence-corrected chi connectivity index (χ2v) is 6.84. The first-order valence-electron chi connectivity index (χ1n) is 7.69. The number of hydrogen-bond donors (Lipinski definition) is 1. The summed E-state index contributed by atoms with van der Waals surface area (Å²) in [6.07, 6.45) is 8.06. The predicted octanol–water partition coefficient (Wildman–Crippen LogP) is 1.92. The van der Waals surface area contributed by atoms with E-state index < -0.39 is 0 Å². The normalized spacial score (nSPS) is 39.2. The molecule has 3 heteroatoms. The van der Waals surface area contributed by atoms with Crippen molar-refractivity contribution in [2.75, 3.05) is 33.7 Å². The highest BCUT2D eigenvalue weighted by Gasteiger charge is 2.41. The number of likely N-dealkylation sites (N-methyl/N-ethyl adjacent to an activating group) is 1. The fourth-order valence-corrected chi connectivity index (χ4v) is 4.04. The molecule has 1 aliphatic carbocycles. The molecule has 3 nitrogen and oxygen atoms in total. The zero-order chi connectivity index (χ0) is 13.2. The van der Waals surface area contributed by atoms with E-state index in [0.717, 1.165) is 18.5 Å². The van der Waals surface area contributed by atoms with Crippen LogP contribution in [0.5, 0.6) is 0 Å². The highest BCUT2D eigenvalue weighted by atomic mass is 15.3. The Morgan fingerprint density at radius 1 is 1.28 bits per heavy atom. The molecule has 3 unspecified atom stereocenters. The molecule has 1 heterocycles. The minimum atomic E-state index is 0.312. The zero-order valence-corrected chi connectivity index (χ0v) is 12.5. The van der Waals surface area contributed by atoms with Crippen molar-refractivity contribution in [2.45, 2.75) is 57.0 Å². The Labute approximate surface area is 113 Å². The molecule has 2 N–H and O–H groups in total. The van der Waals surface area contributed by atoms with E-state index in [-0.39, 0.29) is 0 Å². The zero-order valence-electron chi connectivity index (χ0n) is 12.5. The molecule has 0 amide bonds. The van der Waals surface area contributed by atoms with Crippen molar-refractivity contribution in [1.29, 1.82) is 0 Å². The van der Waals surface area contributed by atoms with Crippen molar-refractivity contribution >= 4 is 0 Å². The molecule has 0 aromatic rings. The smallest absolute Gasteiger partial charge is 0.0334 e. The summed E-state index contributed by atoms with van der Waals surface area (Å²) >= 11 is 0. The van der Waals surface area contributed by atoms with Crippen LogP contribution in [0.2, 0.25) is 0 Å². The van der Waals surface area contributed by atoms with Crippen molar-refractivity contribution in [2.24, 2.45) is 11.7 Å². The Hall–Kier alpha value is -0.120. The van der Waals surface area contributed by atoms with Crippen LogP contribution in [0.1, 0.15) is 45.4 Å². The van der Waals surface area contributed by atoms with Crippen LogP contribution < -0.4 is 5.73 Å². The van der Waals surface area contributed by atoms with Gasteiger partial charge in [0.1, 0.15) is 0 Å². The molecule has 2 fully saturated rings. The minimum Gasteiger partial charge on any atom is -0.329 e. The van der Waals surface area contributed by atoms with Crippen LogP contribution in [0.15, 0.2) is 0 Å². The van der Waals surface area contributed by atoms with Gasteiger partial charge in [-0.3, -0.25) is 4.90 Å². The lowest BCUT2D eigenvalue weighted by Crippen LogP contribution is -2.61. The largest absolute Gasteiger partial charge is 0.329 e. The third-order valence-corrected chi connectivity index (χ3v) is 5.25. The van der Waals surface area contributed by atoms with Gasteiger partial charge in [-0.05, 0) is 52.2 Å². The average molecular weight is 253 g/mol. The topological polar surface area (TPSA) is 32.5 Å². The Morgan fingerprint density at radius 2 is 2.06 bits per heavy atom. The number of likely N-dealkylation sites (tertiary alicyclic amines) is 1. The van der Waals surface area contributed by atoms with Crippen LogP contribution in [0.4, 0.5) is 0 Å². The van der Waals surface area contributed by atoms with Gasteiger partial charge in [-0.2, -0.15) is 0 Å². The van der Waals surface area contributed by atoms with E-state index >= 15 is 0 Å². The van der Waals surface area contributed by atoms with E-state index in [1.54, 1.807) is 0 Å². The number of nitrogens with zero attached hydrogens (tertiary/aromatic N) is 2. The van der Waals surface area contributed by atoms with Gasteiger partial charge in [-0.15, -0.1) is 0 Å². The Bertz CT molecular complexity index is 266. The van der Waals surface area contributed by atoms with Gasteiger partial charge in [-0.25, -0.2) is 0 Å². The minimum absolute atomic E-state index is 0.312. The Morgan fingerprint density at radius 3 is 2.67 bits per heavy atom. The number of nitrogens with two attached hydrogens (primary N) is 1. The van der Waals surface area contributed by atoms with Gasteiger partial charge in [0.2, 0.25) is 0 Å². The third-order valence-electron chi connectivity index (χ3n) is 5.25. The highest BCUT2D eigenvalue weighted by Crippen LogP contribution is 2.37. The van der Waals surface area contributed by atoms with Crippen LogP contribution in [0.25, 0.3) is 0 Å². The first kappa shape index (κ1) is 14.3. The lowest BCUT2D eigenvalue weighted by Gasteiger charge is -2.51. The lowest BCUT2D eigenvalue weighted by atomic mass is 9.74. The monoisotopic (exact) mass is 253 g/mol. The summed E-state index contributed by atoms with van der Waals surface area (Å²) in [5.74, 6) is 0.849. The summed E-state index contributed by atoms with van der Waals surface area (Å²) < 4.78 is 0. The SMILES string of the molecule is CC1CCCC(CN)(N2CCCC(N(C)C)C2)C1. The van der Waals surface area contributed by atoms with Crippen molar-refractivity contribution in [3.63, 3.8) is 0 Å². The third kappa shape index (κ3) is 2.89. The summed E-state index contributed by atoms with van der Waals surface area (Å²) in [6, 6.07) is 0.722. The van der Waals surface area contributed by atoms with E-state index in [4.69, 9.17) is 5.73 Å². The highest BCUT2D eigenvalue weighted by molar-refractivity contribution is 4.98. The van der Waals surface area contributed by atoms with Crippen LogP contribution in [-0.4, -0.2) is 55.1 Å². The molecule has 1 aliphatic heterocycles. The van der Waals surface area contributed by atoms with Gasteiger partial charge >= 0.3 is 0 Å². The summed E-state index contributed by atoms with van der Waals surface area (Å²) in [5, 5.41) is 0. The van der Waals surface area contributed by atoms with Gasteiger partial charge in [0, 0.05) is 24.7 Å². The van der Waals surface area contributed by atoms with Gasteiger partial charge in [-0.1, -0.05) is 19.8 Å². The molecule has 0 aromatic carbocycles. The molecule has 0 bridgehead atoms. The second kappa shape index (κ2) is 5.89. The molecule has 3 atom stereocenters.